The largest absolute Gasteiger partial charge is 0.319 e. The van der Waals surface area contributed by atoms with Gasteiger partial charge in [-0.1, -0.05) is 23.8 Å². The van der Waals surface area contributed by atoms with Crippen LogP contribution in [-0.4, -0.2) is 15.9 Å². The molecule has 0 saturated carbocycles. The van der Waals surface area contributed by atoms with Crippen LogP contribution in [0.1, 0.15) is 13.8 Å². The number of amides is 1. The number of hydrogen-bond acceptors (Lipinski definition) is 3. The summed E-state index contributed by atoms with van der Waals surface area (Å²) in [7, 11) is 0. The molecule has 1 heterocycles. The van der Waals surface area contributed by atoms with E-state index in [4.69, 9.17) is 23.2 Å². The van der Waals surface area contributed by atoms with E-state index in [1.54, 1.807) is 26.0 Å². The molecule has 0 radical (unpaired) electrons. The number of nitrogens with one attached hydrogen (secondary N) is 1. The van der Waals surface area contributed by atoms with Gasteiger partial charge in [-0.25, -0.2) is 9.97 Å². The third kappa shape index (κ3) is 3.84. The smallest absolute Gasteiger partial charge is 0.256 e. The van der Waals surface area contributed by atoms with Gasteiger partial charge in [0.05, 0.1) is 23.7 Å². The summed E-state index contributed by atoms with van der Waals surface area (Å²) in [5, 5.41) is 3.13. The molecule has 0 unspecified atom stereocenters. The van der Waals surface area contributed by atoms with Crippen LogP contribution in [0.3, 0.4) is 0 Å². The first-order valence-corrected chi connectivity index (χ1v) is 5.61. The van der Waals surface area contributed by atoms with Gasteiger partial charge in [0.2, 0.25) is 5.28 Å². The molecule has 1 N–H and O–H groups in total. The van der Waals surface area contributed by atoms with E-state index >= 15 is 0 Å². The molecule has 17 heavy (non-hydrogen) atoms. The third-order valence-electron chi connectivity index (χ3n) is 1.92. The van der Waals surface area contributed by atoms with Crippen LogP contribution in [0.15, 0.2) is 35.2 Å². The molecule has 1 aromatic rings. The number of rotatable bonds is 3. The topological polar surface area (TPSA) is 54.9 Å². The van der Waals surface area contributed by atoms with E-state index in [1.807, 2.05) is 0 Å². The number of anilines is 1. The number of hydrogen-bond donors (Lipinski definition) is 1. The summed E-state index contributed by atoms with van der Waals surface area (Å²) in [4.78, 5) is 19.3. The molecule has 0 aliphatic heterocycles. The minimum absolute atomic E-state index is 0.126. The van der Waals surface area contributed by atoms with Crippen molar-refractivity contribution in [1.29, 1.82) is 0 Å². The number of carbonyl (C=O) groups excluding carboxylic acids is 1. The predicted molar refractivity (Wildman–Crippen MR) is 69.0 cm³/mol. The molecule has 0 aromatic carbocycles. The lowest BCUT2D eigenvalue weighted by atomic mass is 10.2. The minimum atomic E-state index is -0.318. The van der Waals surface area contributed by atoms with Crippen LogP contribution in [0, 0.1) is 0 Å². The van der Waals surface area contributed by atoms with Crippen LogP contribution in [0.5, 0.6) is 0 Å². The lowest BCUT2D eigenvalue weighted by Gasteiger charge is -2.06. The van der Waals surface area contributed by atoms with E-state index in [1.165, 1.54) is 12.4 Å². The van der Waals surface area contributed by atoms with Gasteiger partial charge in [0, 0.05) is 5.03 Å². The van der Waals surface area contributed by atoms with E-state index < -0.39 is 0 Å². The van der Waals surface area contributed by atoms with E-state index in [9.17, 15) is 4.79 Å². The highest BCUT2D eigenvalue weighted by Crippen LogP contribution is 2.17. The molecule has 0 spiro atoms. The molecule has 1 amide bonds. The number of nitrogens with zero attached hydrogens (tertiary/aromatic N) is 2. The van der Waals surface area contributed by atoms with Crippen molar-refractivity contribution < 1.29 is 4.79 Å². The van der Waals surface area contributed by atoms with Gasteiger partial charge in [0.25, 0.3) is 5.91 Å². The monoisotopic (exact) mass is 271 g/mol. The van der Waals surface area contributed by atoms with Crippen molar-refractivity contribution >= 4 is 34.8 Å². The maximum absolute atomic E-state index is 11.8. The summed E-state index contributed by atoms with van der Waals surface area (Å²) < 4.78 is 0. The Balaban J connectivity index is 2.82. The lowest BCUT2D eigenvalue weighted by molar-refractivity contribution is -0.112. The first-order chi connectivity index (χ1) is 8.08. The summed E-state index contributed by atoms with van der Waals surface area (Å²) in [6.45, 7) is 3.49. The summed E-state index contributed by atoms with van der Waals surface area (Å²) in [5.74, 6) is -0.318. The average molecular weight is 272 g/mol. The van der Waals surface area contributed by atoms with E-state index in [0.29, 0.717) is 16.3 Å². The first kappa shape index (κ1) is 13.7. The summed E-state index contributed by atoms with van der Waals surface area (Å²) in [6, 6.07) is 0. The molecule has 0 aliphatic rings. The van der Waals surface area contributed by atoms with Crippen LogP contribution in [-0.2, 0) is 4.79 Å². The molecule has 4 nitrogen and oxygen atoms in total. The fourth-order valence-electron chi connectivity index (χ4n) is 1.11. The molecule has 0 fully saturated rings. The maximum atomic E-state index is 11.8. The van der Waals surface area contributed by atoms with Crippen LogP contribution in [0.2, 0.25) is 5.28 Å². The van der Waals surface area contributed by atoms with Crippen LogP contribution in [0.25, 0.3) is 0 Å². The first-order valence-electron chi connectivity index (χ1n) is 4.86. The van der Waals surface area contributed by atoms with Crippen LogP contribution < -0.4 is 5.32 Å². The second-order valence-electron chi connectivity index (χ2n) is 3.03. The van der Waals surface area contributed by atoms with Crippen molar-refractivity contribution in [2.45, 2.75) is 13.8 Å². The molecule has 0 aliphatic carbocycles. The Bertz CT molecular complexity index is 466. The fourth-order valence-corrected chi connectivity index (χ4v) is 1.40. The number of carbonyl (C=O) groups is 1. The average Bonchev–Trinajstić information content (AvgIpc) is 2.32. The quantitative estimate of drug-likeness (QED) is 0.522. The normalized spacial score (nSPS) is 12.5. The predicted octanol–water partition coefficient (Wildman–Crippen LogP) is 3.16. The molecule has 1 aromatic heterocycles. The zero-order chi connectivity index (χ0) is 12.8. The Hall–Kier alpha value is -1.39. The van der Waals surface area contributed by atoms with E-state index in [-0.39, 0.29) is 11.2 Å². The van der Waals surface area contributed by atoms with Gasteiger partial charge in [-0.15, -0.1) is 0 Å². The SMILES string of the molecule is CC=C(Cl)C(=CC)C(=O)Nc1cnc(Cl)nc1. The highest BCUT2D eigenvalue weighted by molar-refractivity contribution is 6.36. The summed E-state index contributed by atoms with van der Waals surface area (Å²) in [5.41, 5.74) is 0.850. The van der Waals surface area contributed by atoms with Gasteiger partial charge < -0.3 is 5.32 Å². The van der Waals surface area contributed by atoms with Gasteiger partial charge in [0.1, 0.15) is 0 Å². The minimum Gasteiger partial charge on any atom is -0.319 e. The second-order valence-corrected chi connectivity index (χ2v) is 3.78. The summed E-state index contributed by atoms with van der Waals surface area (Å²) in [6.07, 6.45) is 6.12. The van der Waals surface area contributed by atoms with Crippen molar-refractivity contribution in [1.82, 2.24) is 9.97 Å². The Morgan fingerprint density at radius 1 is 1.29 bits per heavy atom. The van der Waals surface area contributed by atoms with Gasteiger partial charge in [-0.3, -0.25) is 4.79 Å². The Kier molecular flexibility index (Phi) is 5.12. The third-order valence-corrected chi connectivity index (χ3v) is 2.54. The van der Waals surface area contributed by atoms with Crippen LogP contribution in [0.4, 0.5) is 5.69 Å². The van der Waals surface area contributed by atoms with Crippen molar-refractivity contribution in [2.24, 2.45) is 0 Å². The molecule has 90 valence electrons. The number of aromatic nitrogens is 2. The van der Waals surface area contributed by atoms with Gasteiger partial charge in [0.15, 0.2) is 0 Å². The highest BCUT2D eigenvalue weighted by Gasteiger charge is 2.11. The van der Waals surface area contributed by atoms with Crippen molar-refractivity contribution in [3.8, 4) is 0 Å². The molecule has 6 heteroatoms. The fraction of sp³-hybridized carbons (Fsp3) is 0.182. The van der Waals surface area contributed by atoms with Crippen LogP contribution >= 0.6 is 23.2 Å². The highest BCUT2D eigenvalue weighted by atomic mass is 35.5. The molecular formula is C11H11Cl2N3O. The van der Waals surface area contributed by atoms with Gasteiger partial charge >= 0.3 is 0 Å². The molecule has 0 saturated heterocycles. The van der Waals surface area contributed by atoms with Gasteiger partial charge in [-0.05, 0) is 25.4 Å². The Morgan fingerprint density at radius 2 is 1.88 bits per heavy atom. The van der Waals surface area contributed by atoms with Gasteiger partial charge in [-0.2, -0.15) is 0 Å². The van der Waals surface area contributed by atoms with Crippen molar-refractivity contribution in [2.75, 3.05) is 5.32 Å². The number of allylic oxidation sites excluding steroid dienone is 2. The van der Waals surface area contributed by atoms with Crippen molar-refractivity contribution in [3.05, 3.63) is 40.4 Å². The molecule has 0 atom stereocenters. The summed E-state index contributed by atoms with van der Waals surface area (Å²) >= 11 is 11.4. The molecule has 1 rings (SSSR count). The van der Waals surface area contributed by atoms with Crippen molar-refractivity contribution in [3.63, 3.8) is 0 Å². The zero-order valence-electron chi connectivity index (χ0n) is 9.37. The standard InChI is InChI=1S/C11H11Cl2N3O/c1-3-8(9(12)4-2)10(17)16-7-5-14-11(13)15-6-7/h3-6H,1-2H3,(H,16,17). The van der Waals surface area contributed by atoms with E-state index in [0.717, 1.165) is 0 Å². The maximum Gasteiger partial charge on any atom is 0.256 e. The lowest BCUT2D eigenvalue weighted by Crippen LogP contribution is -2.15. The molecule has 0 bridgehead atoms. The molecular weight excluding hydrogens is 261 g/mol. The Labute approximate surface area is 109 Å². The zero-order valence-corrected chi connectivity index (χ0v) is 10.9. The van der Waals surface area contributed by atoms with E-state index in [2.05, 4.69) is 15.3 Å². The number of halogens is 2. The second kappa shape index (κ2) is 6.37. The Morgan fingerprint density at radius 3 is 2.35 bits per heavy atom.